The first-order valence-corrected chi connectivity index (χ1v) is 7.33. The van der Waals surface area contributed by atoms with E-state index in [-0.39, 0.29) is 0 Å². The number of hydrogen-bond acceptors (Lipinski definition) is 4. The van der Waals surface area contributed by atoms with Gasteiger partial charge in [0, 0.05) is 18.5 Å². The number of aromatic nitrogens is 1. The van der Waals surface area contributed by atoms with Crippen LogP contribution in [-0.4, -0.2) is 30.5 Å². The van der Waals surface area contributed by atoms with Gasteiger partial charge < -0.3 is 16.4 Å². The Balaban J connectivity index is 1.98. The molecule has 1 aliphatic heterocycles. The molecule has 1 saturated heterocycles. The summed E-state index contributed by atoms with van der Waals surface area (Å²) in [6.07, 6.45) is 2.13. The highest BCUT2D eigenvalue weighted by Gasteiger charge is 2.20. The van der Waals surface area contributed by atoms with Crippen LogP contribution in [0.25, 0.3) is 10.9 Å². The summed E-state index contributed by atoms with van der Waals surface area (Å²) in [4.78, 5) is 18.6. The summed E-state index contributed by atoms with van der Waals surface area (Å²) in [6, 6.07) is 9.42. The zero-order valence-electron chi connectivity index (χ0n) is 12.0. The molecule has 5 nitrogen and oxygen atoms in total. The van der Waals surface area contributed by atoms with Crippen LogP contribution in [0.3, 0.4) is 0 Å². The SMILES string of the molecule is NCC1CCN(c2cc(C(N)=O)c3ccccc3n2)CC1. The molecule has 0 bridgehead atoms. The Bertz CT molecular complexity index is 662. The van der Waals surface area contributed by atoms with Crippen molar-refractivity contribution in [3.05, 3.63) is 35.9 Å². The first-order chi connectivity index (χ1) is 10.2. The summed E-state index contributed by atoms with van der Waals surface area (Å²) >= 11 is 0. The van der Waals surface area contributed by atoms with Crippen molar-refractivity contribution in [2.45, 2.75) is 12.8 Å². The standard InChI is InChI=1S/C16H20N4O/c17-10-11-5-7-20(8-6-11)15-9-13(16(18)21)12-3-1-2-4-14(12)19-15/h1-4,9,11H,5-8,10,17H2,(H2,18,21). The molecule has 0 unspecified atom stereocenters. The molecule has 3 rings (SSSR count). The van der Waals surface area contributed by atoms with Crippen LogP contribution in [0.2, 0.25) is 0 Å². The summed E-state index contributed by atoms with van der Waals surface area (Å²) in [5, 5.41) is 0.811. The molecule has 1 aromatic carbocycles. The number of anilines is 1. The van der Waals surface area contributed by atoms with Crippen LogP contribution >= 0.6 is 0 Å². The van der Waals surface area contributed by atoms with E-state index in [2.05, 4.69) is 9.88 Å². The third-order valence-electron chi connectivity index (χ3n) is 4.24. The van der Waals surface area contributed by atoms with Crippen LogP contribution in [-0.2, 0) is 0 Å². The smallest absolute Gasteiger partial charge is 0.249 e. The van der Waals surface area contributed by atoms with Gasteiger partial charge in [0.2, 0.25) is 5.91 Å². The fraction of sp³-hybridized carbons (Fsp3) is 0.375. The van der Waals surface area contributed by atoms with Crippen LogP contribution in [0.1, 0.15) is 23.2 Å². The van der Waals surface area contributed by atoms with Gasteiger partial charge in [-0.05, 0) is 37.4 Å². The Hall–Kier alpha value is -2.14. The maximum atomic E-state index is 11.7. The third kappa shape index (κ3) is 2.69. The topological polar surface area (TPSA) is 85.2 Å². The minimum atomic E-state index is -0.410. The number of benzene rings is 1. The van der Waals surface area contributed by atoms with E-state index >= 15 is 0 Å². The van der Waals surface area contributed by atoms with Gasteiger partial charge in [0.15, 0.2) is 0 Å². The lowest BCUT2D eigenvalue weighted by Gasteiger charge is -2.32. The molecule has 0 spiro atoms. The fourth-order valence-corrected chi connectivity index (χ4v) is 2.93. The summed E-state index contributed by atoms with van der Waals surface area (Å²) in [5.41, 5.74) is 12.6. The number of para-hydroxylation sites is 1. The highest BCUT2D eigenvalue weighted by Crippen LogP contribution is 2.26. The number of primary amides is 1. The summed E-state index contributed by atoms with van der Waals surface area (Å²) in [5.74, 6) is 1.02. The number of carbonyl (C=O) groups is 1. The lowest BCUT2D eigenvalue weighted by Crippen LogP contribution is -2.36. The van der Waals surface area contributed by atoms with Crippen LogP contribution in [0, 0.1) is 5.92 Å². The first-order valence-electron chi connectivity index (χ1n) is 7.33. The van der Waals surface area contributed by atoms with E-state index in [1.54, 1.807) is 0 Å². The van der Waals surface area contributed by atoms with Gasteiger partial charge in [0.05, 0.1) is 11.1 Å². The third-order valence-corrected chi connectivity index (χ3v) is 4.24. The zero-order valence-corrected chi connectivity index (χ0v) is 12.0. The van der Waals surface area contributed by atoms with E-state index in [9.17, 15) is 4.79 Å². The van der Waals surface area contributed by atoms with E-state index in [4.69, 9.17) is 11.5 Å². The van der Waals surface area contributed by atoms with Crippen LogP contribution in [0.15, 0.2) is 30.3 Å². The van der Waals surface area contributed by atoms with Crippen molar-refractivity contribution in [2.75, 3.05) is 24.5 Å². The van der Waals surface area contributed by atoms with E-state index < -0.39 is 5.91 Å². The molecule has 1 aliphatic rings. The first kappa shape index (κ1) is 13.8. The molecule has 0 aliphatic carbocycles. The molecule has 110 valence electrons. The molecule has 2 aromatic rings. The second kappa shape index (κ2) is 5.69. The normalized spacial score (nSPS) is 16.3. The van der Waals surface area contributed by atoms with Gasteiger partial charge in [-0.3, -0.25) is 4.79 Å². The summed E-state index contributed by atoms with van der Waals surface area (Å²) in [7, 11) is 0. The fourth-order valence-electron chi connectivity index (χ4n) is 2.93. The van der Waals surface area contributed by atoms with Crippen molar-refractivity contribution in [2.24, 2.45) is 17.4 Å². The van der Waals surface area contributed by atoms with Gasteiger partial charge in [-0.15, -0.1) is 0 Å². The molecule has 4 N–H and O–H groups in total. The van der Waals surface area contributed by atoms with E-state index in [1.165, 1.54) is 0 Å². The second-order valence-corrected chi connectivity index (χ2v) is 5.58. The Morgan fingerprint density at radius 3 is 2.67 bits per heavy atom. The molecule has 0 radical (unpaired) electrons. The summed E-state index contributed by atoms with van der Waals surface area (Å²) < 4.78 is 0. The highest BCUT2D eigenvalue weighted by atomic mass is 16.1. The summed E-state index contributed by atoms with van der Waals surface area (Å²) in [6.45, 7) is 2.59. The van der Waals surface area contributed by atoms with Gasteiger partial charge in [0.1, 0.15) is 5.82 Å². The molecule has 1 fully saturated rings. The number of fused-ring (bicyclic) bond motifs is 1. The van der Waals surface area contributed by atoms with Gasteiger partial charge in [-0.2, -0.15) is 0 Å². The monoisotopic (exact) mass is 284 g/mol. The molecule has 5 heteroatoms. The number of nitrogens with two attached hydrogens (primary N) is 2. The molecule has 0 atom stereocenters. The van der Waals surface area contributed by atoms with E-state index in [0.29, 0.717) is 11.5 Å². The quantitative estimate of drug-likeness (QED) is 0.894. The Kier molecular flexibility index (Phi) is 3.75. The average Bonchev–Trinajstić information content (AvgIpc) is 2.53. The van der Waals surface area contributed by atoms with Gasteiger partial charge in [-0.1, -0.05) is 18.2 Å². The molecule has 21 heavy (non-hydrogen) atoms. The predicted octanol–water partition coefficient (Wildman–Crippen LogP) is 1.51. The molecular weight excluding hydrogens is 264 g/mol. The average molecular weight is 284 g/mol. The molecule has 1 aromatic heterocycles. The molecule has 2 heterocycles. The number of pyridine rings is 1. The van der Waals surface area contributed by atoms with Crippen LogP contribution < -0.4 is 16.4 Å². The Morgan fingerprint density at radius 2 is 2.00 bits per heavy atom. The lowest BCUT2D eigenvalue weighted by atomic mass is 9.97. The van der Waals surface area contributed by atoms with Crippen LogP contribution in [0.4, 0.5) is 5.82 Å². The number of hydrogen-bond donors (Lipinski definition) is 2. The number of carbonyl (C=O) groups excluding carboxylic acids is 1. The number of nitrogens with zero attached hydrogens (tertiary/aromatic N) is 2. The molecular formula is C16H20N4O. The largest absolute Gasteiger partial charge is 0.366 e. The van der Waals surface area contributed by atoms with Crippen molar-refractivity contribution in [3.63, 3.8) is 0 Å². The maximum absolute atomic E-state index is 11.7. The molecule has 1 amide bonds. The highest BCUT2D eigenvalue weighted by molar-refractivity contribution is 6.06. The Morgan fingerprint density at radius 1 is 1.29 bits per heavy atom. The maximum Gasteiger partial charge on any atom is 0.249 e. The number of piperidine rings is 1. The minimum absolute atomic E-state index is 0.410. The number of amides is 1. The van der Waals surface area contributed by atoms with Crippen molar-refractivity contribution in [3.8, 4) is 0 Å². The van der Waals surface area contributed by atoms with E-state index in [0.717, 1.165) is 49.2 Å². The van der Waals surface area contributed by atoms with Gasteiger partial charge >= 0.3 is 0 Å². The lowest BCUT2D eigenvalue weighted by molar-refractivity contribution is 0.100. The Labute approximate surface area is 123 Å². The van der Waals surface area contributed by atoms with Crippen molar-refractivity contribution >= 4 is 22.6 Å². The number of rotatable bonds is 3. The van der Waals surface area contributed by atoms with Gasteiger partial charge in [-0.25, -0.2) is 4.98 Å². The van der Waals surface area contributed by atoms with Crippen LogP contribution in [0.5, 0.6) is 0 Å². The zero-order chi connectivity index (χ0) is 14.8. The van der Waals surface area contributed by atoms with E-state index in [1.807, 2.05) is 30.3 Å². The van der Waals surface area contributed by atoms with Gasteiger partial charge in [0.25, 0.3) is 0 Å². The van der Waals surface area contributed by atoms with Crippen molar-refractivity contribution in [1.29, 1.82) is 0 Å². The second-order valence-electron chi connectivity index (χ2n) is 5.58. The predicted molar refractivity (Wildman–Crippen MR) is 84.3 cm³/mol. The van der Waals surface area contributed by atoms with Crippen molar-refractivity contribution in [1.82, 2.24) is 4.98 Å². The molecule has 0 saturated carbocycles. The minimum Gasteiger partial charge on any atom is -0.366 e. The van der Waals surface area contributed by atoms with Crippen molar-refractivity contribution < 1.29 is 4.79 Å².